The number of imidazole rings is 1. The third kappa shape index (κ3) is 2.13. The lowest BCUT2D eigenvalue weighted by Crippen LogP contribution is -2.04. The molecule has 1 heterocycles. The fourth-order valence-corrected chi connectivity index (χ4v) is 2.47. The molecule has 5 heteroatoms. The molecule has 0 amide bonds. The largest absolute Gasteiger partial charge is 0.507 e. The molecule has 0 aliphatic heterocycles. The van der Waals surface area contributed by atoms with Crippen molar-refractivity contribution < 1.29 is 10.2 Å². The maximum atomic E-state index is 10.1. The molecule has 102 valence electrons. The first kappa shape index (κ1) is 13.0. The molecule has 20 heavy (non-hydrogen) atoms. The number of benzene rings is 2. The highest BCUT2D eigenvalue weighted by Crippen LogP contribution is 2.33. The Hall–Kier alpha value is -2.04. The van der Waals surface area contributed by atoms with Crippen LogP contribution in [-0.2, 0) is 6.54 Å². The van der Waals surface area contributed by atoms with E-state index in [9.17, 15) is 10.2 Å². The van der Waals surface area contributed by atoms with Gasteiger partial charge in [0.15, 0.2) is 0 Å². The minimum absolute atomic E-state index is 0.00169. The molecule has 0 saturated carbocycles. The molecule has 0 aliphatic carbocycles. The Bertz CT molecular complexity index is 768. The van der Waals surface area contributed by atoms with Crippen molar-refractivity contribution in [2.45, 2.75) is 6.54 Å². The maximum absolute atomic E-state index is 10.1. The monoisotopic (exact) mass is 288 g/mol. The molecule has 4 nitrogen and oxygen atoms in total. The van der Waals surface area contributed by atoms with E-state index in [0.29, 0.717) is 23.0 Å². The Morgan fingerprint density at radius 1 is 1.15 bits per heavy atom. The first-order valence-corrected chi connectivity index (χ1v) is 6.63. The fraction of sp³-hybridized carbons (Fsp3) is 0.133. The minimum atomic E-state index is 0.00169. The lowest BCUT2D eigenvalue weighted by atomic mass is 10.2. The van der Waals surface area contributed by atoms with Crippen LogP contribution in [0.3, 0.4) is 0 Å². The van der Waals surface area contributed by atoms with Crippen LogP contribution in [0.15, 0.2) is 42.5 Å². The number of fused-ring (bicyclic) bond motifs is 1. The zero-order valence-electron chi connectivity index (χ0n) is 10.6. The van der Waals surface area contributed by atoms with E-state index in [1.807, 2.05) is 28.8 Å². The smallest absolute Gasteiger partial charge is 0.144 e. The third-order valence-corrected chi connectivity index (χ3v) is 3.41. The second-order valence-corrected chi connectivity index (χ2v) is 4.90. The summed E-state index contributed by atoms with van der Waals surface area (Å²) in [6.45, 7) is 0.416. The second kappa shape index (κ2) is 5.15. The van der Waals surface area contributed by atoms with Gasteiger partial charge in [-0.25, -0.2) is 4.98 Å². The van der Waals surface area contributed by atoms with Gasteiger partial charge in [0.2, 0.25) is 0 Å². The van der Waals surface area contributed by atoms with Gasteiger partial charge in [0, 0.05) is 11.6 Å². The maximum Gasteiger partial charge on any atom is 0.144 e. The van der Waals surface area contributed by atoms with Crippen LogP contribution in [0.5, 0.6) is 5.75 Å². The number of para-hydroxylation sites is 2. The molecular weight excluding hydrogens is 276 g/mol. The number of aromatic nitrogens is 2. The zero-order valence-corrected chi connectivity index (χ0v) is 11.4. The number of aliphatic hydroxyl groups excluding tert-OH is 1. The van der Waals surface area contributed by atoms with Gasteiger partial charge in [-0.05, 0) is 30.3 Å². The molecular formula is C15H13ClN2O2. The van der Waals surface area contributed by atoms with Gasteiger partial charge in [-0.15, -0.1) is 0 Å². The Morgan fingerprint density at radius 2 is 1.95 bits per heavy atom. The number of aromatic hydroxyl groups is 1. The van der Waals surface area contributed by atoms with Crippen LogP contribution in [0.4, 0.5) is 0 Å². The van der Waals surface area contributed by atoms with Crippen molar-refractivity contribution in [2.75, 3.05) is 6.61 Å². The number of hydrogen-bond donors (Lipinski definition) is 2. The average Bonchev–Trinajstić information content (AvgIpc) is 2.78. The predicted molar refractivity (Wildman–Crippen MR) is 78.9 cm³/mol. The van der Waals surface area contributed by atoms with Crippen LogP contribution in [-0.4, -0.2) is 26.4 Å². The molecule has 0 saturated heterocycles. The highest BCUT2D eigenvalue weighted by atomic mass is 35.5. The summed E-state index contributed by atoms with van der Waals surface area (Å²) in [4.78, 5) is 4.54. The molecule has 0 spiro atoms. The number of aliphatic hydroxyl groups is 1. The normalized spacial score (nSPS) is 11.1. The standard InChI is InChI=1S/C15H13ClN2O2/c16-10-5-6-11(14(20)9-10)15-17-12-3-1-2-4-13(12)18(15)7-8-19/h1-6,9,19-20H,7-8H2. The minimum Gasteiger partial charge on any atom is -0.507 e. The van der Waals surface area contributed by atoms with Crippen LogP contribution < -0.4 is 0 Å². The first-order valence-electron chi connectivity index (χ1n) is 6.25. The summed E-state index contributed by atoms with van der Waals surface area (Å²) >= 11 is 5.86. The van der Waals surface area contributed by atoms with Crippen LogP contribution in [0, 0.1) is 0 Å². The van der Waals surface area contributed by atoms with E-state index in [1.165, 1.54) is 6.07 Å². The number of hydrogen-bond acceptors (Lipinski definition) is 3. The number of phenolic OH excluding ortho intramolecular Hbond substituents is 1. The van der Waals surface area contributed by atoms with E-state index >= 15 is 0 Å². The van der Waals surface area contributed by atoms with Crippen molar-refractivity contribution >= 4 is 22.6 Å². The lowest BCUT2D eigenvalue weighted by Gasteiger charge is -2.09. The molecule has 3 rings (SSSR count). The topological polar surface area (TPSA) is 58.3 Å². The molecule has 3 aromatic rings. The fourth-order valence-electron chi connectivity index (χ4n) is 2.30. The van der Waals surface area contributed by atoms with Crippen molar-refractivity contribution in [3.63, 3.8) is 0 Å². The van der Waals surface area contributed by atoms with Crippen molar-refractivity contribution in [2.24, 2.45) is 0 Å². The zero-order chi connectivity index (χ0) is 14.1. The SMILES string of the molecule is OCCn1c(-c2ccc(Cl)cc2O)nc2ccccc21. The van der Waals surface area contributed by atoms with Gasteiger partial charge in [0.25, 0.3) is 0 Å². The van der Waals surface area contributed by atoms with Crippen molar-refractivity contribution in [3.8, 4) is 17.1 Å². The Balaban J connectivity index is 2.26. The van der Waals surface area contributed by atoms with Crippen LogP contribution >= 0.6 is 11.6 Å². The highest BCUT2D eigenvalue weighted by molar-refractivity contribution is 6.30. The molecule has 0 fully saturated rings. The summed E-state index contributed by atoms with van der Waals surface area (Å²) in [5.41, 5.74) is 2.34. The molecule has 0 radical (unpaired) electrons. The average molecular weight is 289 g/mol. The Morgan fingerprint density at radius 3 is 2.70 bits per heavy atom. The van der Waals surface area contributed by atoms with Crippen molar-refractivity contribution in [1.82, 2.24) is 9.55 Å². The number of phenols is 1. The lowest BCUT2D eigenvalue weighted by molar-refractivity contribution is 0.278. The van der Waals surface area contributed by atoms with E-state index in [0.717, 1.165) is 11.0 Å². The molecule has 0 aliphatic rings. The van der Waals surface area contributed by atoms with Gasteiger partial charge in [-0.2, -0.15) is 0 Å². The summed E-state index contributed by atoms with van der Waals surface area (Å²) in [7, 11) is 0. The molecule has 0 unspecified atom stereocenters. The summed E-state index contributed by atoms with van der Waals surface area (Å²) in [5, 5.41) is 19.8. The Kier molecular flexibility index (Phi) is 3.34. The number of rotatable bonds is 3. The second-order valence-electron chi connectivity index (χ2n) is 4.46. The van der Waals surface area contributed by atoms with E-state index in [4.69, 9.17) is 11.6 Å². The van der Waals surface area contributed by atoms with Crippen molar-refractivity contribution in [3.05, 3.63) is 47.5 Å². The van der Waals surface area contributed by atoms with Gasteiger partial charge < -0.3 is 14.8 Å². The van der Waals surface area contributed by atoms with Gasteiger partial charge in [0.1, 0.15) is 11.6 Å². The molecule has 0 atom stereocenters. The van der Waals surface area contributed by atoms with Gasteiger partial charge in [0.05, 0.1) is 23.2 Å². The summed E-state index contributed by atoms with van der Waals surface area (Å²) in [6.07, 6.45) is 0. The molecule has 0 bridgehead atoms. The number of halogens is 1. The predicted octanol–water partition coefficient (Wildman–Crippen LogP) is 3.05. The quantitative estimate of drug-likeness (QED) is 0.779. The van der Waals surface area contributed by atoms with E-state index < -0.39 is 0 Å². The van der Waals surface area contributed by atoms with Crippen LogP contribution in [0.2, 0.25) is 5.02 Å². The van der Waals surface area contributed by atoms with Gasteiger partial charge in [-0.1, -0.05) is 23.7 Å². The summed E-state index contributed by atoms with van der Waals surface area (Å²) in [6, 6.07) is 12.6. The highest BCUT2D eigenvalue weighted by Gasteiger charge is 2.15. The molecule has 2 aromatic carbocycles. The molecule has 1 aromatic heterocycles. The molecule has 2 N–H and O–H groups in total. The van der Waals surface area contributed by atoms with Crippen LogP contribution in [0.25, 0.3) is 22.4 Å². The van der Waals surface area contributed by atoms with Gasteiger partial charge >= 0.3 is 0 Å². The van der Waals surface area contributed by atoms with E-state index in [2.05, 4.69) is 4.98 Å². The van der Waals surface area contributed by atoms with Crippen LogP contribution in [0.1, 0.15) is 0 Å². The summed E-state index contributed by atoms with van der Waals surface area (Å²) < 4.78 is 1.89. The Labute approximate surface area is 120 Å². The van der Waals surface area contributed by atoms with E-state index in [-0.39, 0.29) is 12.4 Å². The van der Waals surface area contributed by atoms with E-state index in [1.54, 1.807) is 12.1 Å². The number of nitrogens with zero attached hydrogens (tertiary/aromatic N) is 2. The van der Waals surface area contributed by atoms with Gasteiger partial charge in [-0.3, -0.25) is 0 Å². The van der Waals surface area contributed by atoms with Crippen molar-refractivity contribution in [1.29, 1.82) is 0 Å². The first-order chi connectivity index (χ1) is 9.70. The summed E-state index contributed by atoms with van der Waals surface area (Å²) in [5.74, 6) is 0.696. The third-order valence-electron chi connectivity index (χ3n) is 3.18.